The zero-order valence-electron chi connectivity index (χ0n) is 11.3. The molecule has 2 rings (SSSR count). The number of hydrogen-bond donors (Lipinski definition) is 1. The Kier molecular flexibility index (Phi) is 4.37. The zero-order chi connectivity index (χ0) is 14.0. The molecule has 0 bridgehead atoms. The molecule has 1 N–H and O–H groups in total. The van der Waals surface area contributed by atoms with E-state index in [1.54, 1.807) is 6.92 Å². The fraction of sp³-hybridized carbons (Fsp3) is 0.429. The number of aromatic nitrogens is 2. The Labute approximate surface area is 121 Å². The first kappa shape index (κ1) is 14.2. The third-order valence-corrected chi connectivity index (χ3v) is 4.19. The van der Waals surface area contributed by atoms with Gasteiger partial charge in [-0.2, -0.15) is 4.98 Å². The number of halogens is 1. The SMILES string of the molecule is Cc1cc(-c2noc(CCC(C)O)n2)cc(C)c1Br. The first-order valence-electron chi connectivity index (χ1n) is 6.25. The Morgan fingerprint density at radius 3 is 2.53 bits per heavy atom. The third-order valence-electron chi connectivity index (χ3n) is 2.94. The summed E-state index contributed by atoms with van der Waals surface area (Å²) in [6.07, 6.45) is 0.867. The van der Waals surface area contributed by atoms with E-state index >= 15 is 0 Å². The van der Waals surface area contributed by atoms with Gasteiger partial charge in [-0.15, -0.1) is 0 Å². The second kappa shape index (κ2) is 5.84. The van der Waals surface area contributed by atoms with E-state index in [2.05, 4.69) is 26.1 Å². The number of aliphatic hydroxyl groups excluding tert-OH is 1. The summed E-state index contributed by atoms with van der Waals surface area (Å²) in [5, 5.41) is 13.2. The van der Waals surface area contributed by atoms with Crippen LogP contribution >= 0.6 is 15.9 Å². The Bertz CT molecular complexity index is 556. The summed E-state index contributed by atoms with van der Waals surface area (Å²) in [6, 6.07) is 4.06. The van der Waals surface area contributed by atoms with Crippen molar-refractivity contribution in [1.82, 2.24) is 10.1 Å². The maximum absolute atomic E-state index is 9.25. The number of nitrogens with zero attached hydrogens (tertiary/aromatic N) is 2. The summed E-state index contributed by atoms with van der Waals surface area (Å²) in [5.41, 5.74) is 3.24. The molecule has 0 spiro atoms. The number of hydrogen-bond acceptors (Lipinski definition) is 4. The third kappa shape index (κ3) is 3.42. The lowest BCUT2D eigenvalue weighted by Crippen LogP contribution is -2.01. The molecule has 1 heterocycles. The molecule has 1 aromatic carbocycles. The topological polar surface area (TPSA) is 59.2 Å². The molecule has 0 aliphatic rings. The van der Waals surface area contributed by atoms with Crippen LogP contribution in [0.2, 0.25) is 0 Å². The molecular weight excluding hydrogens is 308 g/mol. The average molecular weight is 325 g/mol. The first-order valence-corrected chi connectivity index (χ1v) is 7.04. The molecule has 0 saturated carbocycles. The van der Waals surface area contributed by atoms with Gasteiger partial charge in [0.05, 0.1) is 6.10 Å². The highest BCUT2D eigenvalue weighted by molar-refractivity contribution is 9.10. The Morgan fingerprint density at radius 1 is 1.32 bits per heavy atom. The van der Waals surface area contributed by atoms with Gasteiger partial charge in [-0.25, -0.2) is 0 Å². The summed E-state index contributed by atoms with van der Waals surface area (Å²) in [6.45, 7) is 5.82. The number of aryl methyl sites for hydroxylation is 3. The summed E-state index contributed by atoms with van der Waals surface area (Å²) in [7, 11) is 0. The second-order valence-electron chi connectivity index (χ2n) is 4.82. The van der Waals surface area contributed by atoms with Crippen LogP contribution in [-0.4, -0.2) is 21.4 Å². The van der Waals surface area contributed by atoms with E-state index in [4.69, 9.17) is 4.52 Å². The highest BCUT2D eigenvalue weighted by Gasteiger charge is 2.11. The van der Waals surface area contributed by atoms with Crippen molar-refractivity contribution < 1.29 is 9.63 Å². The molecule has 5 heteroatoms. The summed E-state index contributed by atoms with van der Waals surface area (Å²) >= 11 is 3.54. The van der Waals surface area contributed by atoms with Crippen LogP contribution in [0.15, 0.2) is 21.1 Å². The molecule has 0 aliphatic heterocycles. The number of rotatable bonds is 4. The molecule has 0 fully saturated rings. The Balaban J connectivity index is 2.23. The van der Waals surface area contributed by atoms with Gasteiger partial charge in [0.15, 0.2) is 0 Å². The molecule has 0 saturated heterocycles. The molecule has 1 atom stereocenters. The van der Waals surface area contributed by atoms with Crippen molar-refractivity contribution >= 4 is 15.9 Å². The first-order chi connectivity index (χ1) is 8.97. The molecule has 1 aromatic heterocycles. The summed E-state index contributed by atoms with van der Waals surface area (Å²) < 4.78 is 6.30. The molecule has 4 nitrogen and oxygen atoms in total. The summed E-state index contributed by atoms with van der Waals surface area (Å²) in [5.74, 6) is 1.16. The number of benzene rings is 1. The highest BCUT2D eigenvalue weighted by Crippen LogP contribution is 2.27. The van der Waals surface area contributed by atoms with Gasteiger partial charge in [0.25, 0.3) is 0 Å². The van der Waals surface area contributed by atoms with Gasteiger partial charge >= 0.3 is 0 Å². The van der Waals surface area contributed by atoms with Crippen molar-refractivity contribution in [3.63, 3.8) is 0 Å². The van der Waals surface area contributed by atoms with Crippen LogP contribution in [0.5, 0.6) is 0 Å². The van der Waals surface area contributed by atoms with Crippen LogP contribution in [0.3, 0.4) is 0 Å². The van der Waals surface area contributed by atoms with Crippen LogP contribution in [0.25, 0.3) is 11.4 Å². The van der Waals surface area contributed by atoms with E-state index in [9.17, 15) is 5.11 Å². The predicted octanol–water partition coefficient (Wildman–Crippen LogP) is 3.43. The predicted molar refractivity (Wildman–Crippen MR) is 76.9 cm³/mol. The minimum Gasteiger partial charge on any atom is -0.393 e. The lowest BCUT2D eigenvalue weighted by Gasteiger charge is -2.04. The van der Waals surface area contributed by atoms with Crippen molar-refractivity contribution in [3.8, 4) is 11.4 Å². The van der Waals surface area contributed by atoms with Crippen LogP contribution in [0, 0.1) is 13.8 Å². The van der Waals surface area contributed by atoms with Crippen molar-refractivity contribution in [2.75, 3.05) is 0 Å². The smallest absolute Gasteiger partial charge is 0.227 e. The van der Waals surface area contributed by atoms with Crippen molar-refractivity contribution in [1.29, 1.82) is 0 Å². The Hall–Kier alpha value is -1.20. The van der Waals surface area contributed by atoms with Crippen molar-refractivity contribution in [2.45, 2.75) is 39.7 Å². The quantitative estimate of drug-likeness (QED) is 0.936. The standard InChI is InChI=1S/C14H17BrN2O2/c1-8-6-11(7-9(2)13(8)15)14-16-12(19-17-14)5-4-10(3)18/h6-7,10,18H,4-5H2,1-3H3. The maximum atomic E-state index is 9.25. The van der Waals surface area contributed by atoms with E-state index in [1.165, 1.54) is 0 Å². The average Bonchev–Trinajstić information content (AvgIpc) is 2.81. The second-order valence-corrected chi connectivity index (χ2v) is 5.62. The molecule has 0 amide bonds. The Morgan fingerprint density at radius 2 is 1.95 bits per heavy atom. The van der Waals surface area contributed by atoms with Gasteiger partial charge in [0.2, 0.25) is 11.7 Å². The fourth-order valence-electron chi connectivity index (χ4n) is 1.88. The fourth-order valence-corrected chi connectivity index (χ4v) is 2.11. The highest BCUT2D eigenvalue weighted by atomic mass is 79.9. The molecule has 0 radical (unpaired) electrons. The minimum atomic E-state index is -0.354. The van der Waals surface area contributed by atoms with Crippen LogP contribution in [0.4, 0.5) is 0 Å². The van der Waals surface area contributed by atoms with Gasteiger partial charge in [0, 0.05) is 16.5 Å². The van der Waals surface area contributed by atoms with Gasteiger partial charge < -0.3 is 9.63 Å². The van der Waals surface area contributed by atoms with E-state index in [0.29, 0.717) is 24.6 Å². The van der Waals surface area contributed by atoms with E-state index in [-0.39, 0.29) is 6.10 Å². The van der Waals surface area contributed by atoms with Crippen molar-refractivity contribution in [2.24, 2.45) is 0 Å². The van der Waals surface area contributed by atoms with Crippen LogP contribution in [0.1, 0.15) is 30.4 Å². The monoisotopic (exact) mass is 324 g/mol. The zero-order valence-corrected chi connectivity index (χ0v) is 12.9. The molecule has 19 heavy (non-hydrogen) atoms. The normalized spacial score (nSPS) is 12.7. The van der Waals surface area contributed by atoms with E-state index < -0.39 is 0 Å². The molecule has 102 valence electrons. The minimum absolute atomic E-state index is 0.354. The summed E-state index contributed by atoms with van der Waals surface area (Å²) in [4.78, 5) is 4.36. The van der Waals surface area contributed by atoms with E-state index in [0.717, 1.165) is 21.2 Å². The maximum Gasteiger partial charge on any atom is 0.227 e. The van der Waals surface area contributed by atoms with Crippen LogP contribution in [-0.2, 0) is 6.42 Å². The van der Waals surface area contributed by atoms with Gasteiger partial charge in [-0.05, 0) is 50.5 Å². The molecule has 0 aliphatic carbocycles. The van der Waals surface area contributed by atoms with Gasteiger partial charge in [-0.1, -0.05) is 21.1 Å². The lowest BCUT2D eigenvalue weighted by atomic mass is 10.1. The lowest BCUT2D eigenvalue weighted by molar-refractivity contribution is 0.180. The van der Waals surface area contributed by atoms with Crippen molar-refractivity contribution in [3.05, 3.63) is 33.6 Å². The van der Waals surface area contributed by atoms with Gasteiger partial charge in [-0.3, -0.25) is 0 Å². The van der Waals surface area contributed by atoms with E-state index in [1.807, 2.05) is 26.0 Å². The number of aliphatic hydroxyl groups is 1. The molecule has 2 aromatic rings. The van der Waals surface area contributed by atoms with Gasteiger partial charge in [0.1, 0.15) is 0 Å². The molecular formula is C14H17BrN2O2. The van der Waals surface area contributed by atoms with Crippen LogP contribution < -0.4 is 0 Å². The molecule has 1 unspecified atom stereocenters. The largest absolute Gasteiger partial charge is 0.393 e.